The van der Waals surface area contributed by atoms with Gasteiger partial charge in [0, 0.05) is 11.8 Å². The zero-order valence-corrected chi connectivity index (χ0v) is 8.74. The molecule has 0 amide bonds. The first-order chi connectivity index (χ1) is 5.40. The molecular formula is C11H20O. The van der Waals surface area contributed by atoms with E-state index in [1.54, 1.807) is 0 Å². The van der Waals surface area contributed by atoms with Gasteiger partial charge in [0.05, 0.1) is 0 Å². The van der Waals surface area contributed by atoms with Gasteiger partial charge in [-0.15, -0.1) is 0 Å². The summed E-state index contributed by atoms with van der Waals surface area (Å²) in [5.74, 6) is 0.452. The second kappa shape index (κ2) is 2.86. The molecule has 1 rings (SSSR count). The molecule has 1 saturated carbocycles. The predicted molar refractivity (Wildman–Crippen MR) is 51.0 cm³/mol. The maximum atomic E-state index is 11.5. The van der Waals surface area contributed by atoms with Gasteiger partial charge in [-0.3, -0.25) is 4.79 Å². The SMILES string of the molecule is CCC1(C)CCC(=O)C(C)(C)C1. The number of carbonyl (C=O) groups excluding carboxylic acids is 1. The fourth-order valence-electron chi connectivity index (χ4n) is 2.31. The molecule has 1 aliphatic rings. The van der Waals surface area contributed by atoms with Crippen LogP contribution in [0.5, 0.6) is 0 Å². The number of rotatable bonds is 1. The molecule has 0 aliphatic heterocycles. The van der Waals surface area contributed by atoms with Gasteiger partial charge in [0.1, 0.15) is 5.78 Å². The highest BCUT2D eigenvalue weighted by atomic mass is 16.1. The van der Waals surface area contributed by atoms with Crippen LogP contribution >= 0.6 is 0 Å². The third-order valence-electron chi connectivity index (χ3n) is 3.43. The lowest BCUT2D eigenvalue weighted by atomic mass is 9.63. The minimum Gasteiger partial charge on any atom is -0.299 e. The predicted octanol–water partition coefficient (Wildman–Crippen LogP) is 3.18. The lowest BCUT2D eigenvalue weighted by molar-refractivity contribution is -0.133. The van der Waals surface area contributed by atoms with Crippen LogP contribution < -0.4 is 0 Å². The second-order valence-electron chi connectivity index (χ2n) is 5.15. The van der Waals surface area contributed by atoms with Crippen molar-refractivity contribution in [1.29, 1.82) is 0 Å². The molecule has 0 aromatic rings. The van der Waals surface area contributed by atoms with Gasteiger partial charge in [-0.25, -0.2) is 0 Å². The van der Waals surface area contributed by atoms with Crippen molar-refractivity contribution < 1.29 is 4.79 Å². The molecule has 1 heteroatoms. The van der Waals surface area contributed by atoms with Crippen LogP contribution in [0.2, 0.25) is 0 Å². The Balaban J connectivity index is 2.75. The van der Waals surface area contributed by atoms with Gasteiger partial charge >= 0.3 is 0 Å². The van der Waals surface area contributed by atoms with Gasteiger partial charge in [-0.05, 0) is 18.3 Å². The summed E-state index contributed by atoms with van der Waals surface area (Å²) in [7, 11) is 0. The van der Waals surface area contributed by atoms with E-state index in [2.05, 4.69) is 27.7 Å². The van der Waals surface area contributed by atoms with Crippen LogP contribution in [0.1, 0.15) is 53.4 Å². The Morgan fingerprint density at radius 1 is 1.33 bits per heavy atom. The smallest absolute Gasteiger partial charge is 0.138 e. The van der Waals surface area contributed by atoms with E-state index in [9.17, 15) is 4.79 Å². The first-order valence-corrected chi connectivity index (χ1v) is 4.93. The summed E-state index contributed by atoms with van der Waals surface area (Å²) in [4.78, 5) is 11.5. The van der Waals surface area contributed by atoms with Crippen molar-refractivity contribution in [3.63, 3.8) is 0 Å². The quantitative estimate of drug-likeness (QED) is 0.587. The van der Waals surface area contributed by atoms with Crippen molar-refractivity contribution in [3.05, 3.63) is 0 Å². The van der Waals surface area contributed by atoms with Crippen LogP contribution in [0.15, 0.2) is 0 Å². The highest BCUT2D eigenvalue weighted by Gasteiger charge is 2.40. The van der Waals surface area contributed by atoms with Gasteiger partial charge in [0.15, 0.2) is 0 Å². The van der Waals surface area contributed by atoms with Crippen LogP contribution in [0, 0.1) is 10.8 Å². The molecule has 1 atom stereocenters. The molecule has 0 N–H and O–H groups in total. The van der Waals surface area contributed by atoms with E-state index in [0.717, 1.165) is 19.3 Å². The summed E-state index contributed by atoms with van der Waals surface area (Å²) < 4.78 is 0. The Morgan fingerprint density at radius 2 is 1.92 bits per heavy atom. The molecule has 70 valence electrons. The molecule has 0 heterocycles. The molecule has 1 aliphatic carbocycles. The first-order valence-electron chi connectivity index (χ1n) is 4.93. The van der Waals surface area contributed by atoms with E-state index in [4.69, 9.17) is 0 Å². The molecule has 0 spiro atoms. The number of carbonyl (C=O) groups is 1. The van der Waals surface area contributed by atoms with Crippen molar-refractivity contribution in [3.8, 4) is 0 Å². The van der Waals surface area contributed by atoms with Gasteiger partial charge in [-0.2, -0.15) is 0 Å². The number of hydrogen-bond acceptors (Lipinski definition) is 1. The van der Waals surface area contributed by atoms with Crippen molar-refractivity contribution in [1.82, 2.24) is 0 Å². The van der Waals surface area contributed by atoms with Gasteiger partial charge in [0.2, 0.25) is 0 Å². The minimum atomic E-state index is -0.0665. The Labute approximate surface area is 75.5 Å². The molecule has 1 fully saturated rings. The molecule has 0 radical (unpaired) electrons. The summed E-state index contributed by atoms with van der Waals surface area (Å²) in [5, 5.41) is 0. The summed E-state index contributed by atoms with van der Waals surface area (Å²) in [6.07, 6.45) is 4.14. The molecule has 0 aromatic heterocycles. The molecule has 0 saturated heterocycles. The molecule has 0 aromatic carbocycles. The summed E-state index contributed by atoms with van der Waals surface area (Å²) in [6.45, 7) is 8.71. The minimum absolute atomic E-state index is 0.0665. The highest BCUT2D eigenvalue weighted by Crippen LogP contribution is 2.45. The molecule has 0 bridgehead atoms. The Morgan fingerprint density at radius 3 is 2.33 bits per heavy atom. The average molecular weight is 168 g/mol. The van der Waals surface area contributed by atoms with Crippen LogP contribution in [0.25, 0.3) is 0 Å². The second-order valence-corrected chi connectivity index (χ2v) is 5.15. The van der Waals surface area contributed by atoms with E-state index >= 15 is 0 Å². The Bertz CT molecular complexity index is 193. The van der Waals surface area contributed by atoms with Crippen molar-refractivity contribution in [2.24, 2.45) is 10.8 Å². The molecule has 12 heavy (non-hydrogen) atoms. The molecular weight excluding hydrogens is 148 g/mol. The first kappa shape index (κ1) is 9.76. The van der Waals surface area contributed by atoms with Crippen LogP contribution in [0.4, 0.5) is 0 Å². The van der Waals surface area contributed by atoms with Gasteiger partial charge in [-0.1, -0.05) is 34.1 Å². The third-order valence-corrected chi connectivity index (χ3v) is 3.43. The van der Waals surface area contributed by atoms with Crippen molar-refractivity contribution in [2.75, 3.05) is 0 Å². The lowest BCUT2D eigenvalue weighted by Crippen LogP contribution is -2.37. The topological polar surface area (TPSA) is 17.1 Å². The van der Waals surface area contributed by atoms with E-state index in [1.807, 2.05) is 0 Å². The van der Waals surface area contributed by atoms with E-state index in [-0.39, 0.29) is 5.41 Å². The van der Waals surface area contributed by atoms with Crippen molar-refractivity contribution in [2.45, 2.75) is 53.4 Å². The fourth-order valence-corrected chi connectivity index (χ4v) is 2.31. The summed E-state index contributed by atoms with van der Waals surface area (Å²) >= 11 is 0. The monoisotopic (exact) mass is 168 g/mol. The summed E-state index contributed by atoms with van der Waals surface area (Å²) in [5.41, 5.74) is 0.348. The Kier molecular flexibility index (Phi) is 2.33. The normalized spacial score (nSPS) is 35.2. The van der Waals surface area contributed by atoms with Gasteiger partial charge in [0.25, 0.3) is 0 Å². The molecule has 1 unspecified atom stereocenters. The number of hydrogen-bond donors (Lipinski definition) is 0. The zero-order chi connectivity index (χ0) is 9.41. The lowest BCUT2D eigenvalue weighted by Gasteiger charge is -2.41. The average Bonchev–Trinajstić information content (AvgIpc) is 1.97. The zero-order valence-electron chi connectivity index (χ0n) is 8.74. The van der Waals surface area contributed by atoms with E-state index in [1.165, 1.54) is 6.42 Å². The van der Waals surface area contributed by atoms with Crippen LogP contribution in [-0.2, 0) is 4.79 Å². The largest absolute Gasteiger partial charge is 0.299 e. The molecule has 1 nitrogen and oxygen atoms in total. The van der Waals surface area contributed by atoms with Crippen LogP contribution in [-0.4, -0.2) is 5.78 Å². The standard InChI is InChI=1S/C11H20O/c1-5-11(4)7-6-9(12)10(2,3)8-11/h5-8H2,1-4H3. The number of ketones is 1. The number of Topliss-reactive ketones (excluding diaryl/α,β-unsaturated/α-hetero) is 1. The van der Waals surface area contributed by atoms with Crippen molar-refractivity contribution >= 4 is 5.78 Å². The maximum absolute atomic E-state index is 11.5. The Hall–Kier alpha value is -0.330. The van der Waals surface area contributed by atoms with Crippen LogP contribution in [0.3, 0.4) is 0 Å². The van der Waals surface area contributed by atoms with E-state index < -0.39 is 0 Å². The maximum Gasteiger partial charge on any atom is 0.138 e. The highest BCUT2D eigenvalue weighted by molar-refractivity contribution is 5.84. The fraction of sp³-hybridized carbons (Fsp3) is 0.909. The van der Waals surface area contributed by atoms with Gasteiger partial charge < -0.3 is 0 Å². The summed E-state index contributed by atoms with van der Waals surface area (Å²) in [6, 6.07) is 0. The third kappa shape index (κ3) is 1.70. The van der Waals surface area contributed by atoms with E-state index in [0.29, 0.717) is 11.2 Å².